The van der Waals surface area contributed by atoms with Crippen LogP contribution in [0.3, 0.4) is 0 Å². The molecule has 0 amide bonds. The van der Waals surface area contributed by atoms with Gasteiger partial charge in [0.1, 0.15) is 5.69 Å². The molecule has 3 N–H and O–H groups in total. The number of alkyl halides is 4. The highest BCUT2D eigenvalue weighted by molar-refractivity contribution is 7.80. The first-order valence-electron chi connectivity index (χ1n) is 5.45. The second-order valence-electron chi connectivity index (χ2n) is 4.09. The van der Waals surface area contributed by atoms with Gasteiger partial charge in [-0.15, -0.1) is 0 Å². The summed E-state index contributed by atoms with van der Waals surface area (Å²) in [5.74, 6) is -4.59. The molecule has 1 aromatic heterocycles. The van der Waals surface area contributed by atoms with E-state index in [1.807, 2.05) is 0 Å². The predicted octanol–water partition coefficient (Wildman–Crippen LogP) is 1.98. The largest absolute Gasteiger partial charge is 0.376 e. The molecule has 0 bridgehead atoms. The summed E-state index contributed by atoms with van der Waals surface area (Å²) in [7, 11) is 0. The van der Waals surface area contributed by atoms with Crippen LogP contribution in [0.4, 0.5) is 23.5 Å². The van der Waals surface area contributed by atoms with Crippen molar-refractivity contribution in [1.82, 2.24) is 9.97 Å². The second kappa shape index (κ2) is 4.87. The van der Waals surface area contributed by atoms with E-state index in [1.54, 1.807) is 0 Å². The number of halogens is 4. The van der Waals surface area contributed by atoms with Gasteiger partial charge in [0.2, 0.25) is 5.95 Å². The van der Waals surface area contributed by atoms with Crippen LogP contribution < -0.4 is 11.1 Å². The van der Waals surface area contributed by atoms with Gasteiger partial charge in [0.05, 0.1) is 0 Å². The quantitative estimate of drug-likeness (QED) is 0.659. The lowest BCUT2D eigenvalue weighted by Gasteiger charge is -2.18. The lowest BCUT2D eigenvalue weighted by molar-refractivity contribution is -0.138. The van der Waals surface area contributed by atoms with Crippen LogP contribution in [0.15, 0.2) is 0 Å². The van der Waals surface area contributed by atoms with Gasteiger partial charge in [-0.25, -0.2) is 18.7 Å². The monoisotopic (exact) mass is 294 g/mol. The maximum absolute atomic E-state index is 13.5. The maximum Gasteiger partial charge on any atom is 0.349 e. The molecule has 4 nitrogen and oxygen atoms in total. The summed E-state index contributed by atoms with van der Waals surface area (Å²) in [6.07, 6.45) is -2.55. The molecule has 0 fully saturated rings. The highest BCUT2D eigenvalue weighted by Gasteiger charge is 2.47. The van der Waals surface area contributed by atoms with Crippen molar-refractivity contribution in [3.8, 4) is 0 Å². The molecule has 0 unspecified atom stereocenters. The number of thiocarbonyl (C=S) groups is 1. The summed E-state index contributed by atoms with van der Waals surface area (Å²) >= 11 is 4.54. The molecule has 19 heavy (non-hydrogen) atoms. The minimum absolute atomic E-state index is 0.0961. The van der Waals surface area contributed by atoms with E-state index in [2.05, 4.69) is 27.5 Å². The van der Waals surface area contributed by atoms with Crippen molar-refractivity contribution >= 4 is 23.3 Å². The van der Waals surface area contributed by atoms with E-state index in [-0.39, 0.29) is 23.0 Å². The van der Waals surface area contributed by atoms with Crippen LogP contribution in [-0.2, 0) is 18.8 Å². The fourth-order valence-corrected chi connectivity index (χ4v) is 2.07. The number of aromatic nitrogens is 2. The standard InChI is InChI=1S/C10H10F4N4S/c11-7(12)10(13,14)6-4-2-1-3-5(4)16-9(17-6)18-8(15)19/h7H,1-3H2,(H3,15,16,17,18,19). The Bertz CT molecular complexity index is 520. The Kier molecular flexibility index (Phi) is 3.57. The Morgan fingerprint density at radius 3 is 2.58 bits per heavy atom. The number of anilines is 1. The Balaban J connectivity index is 2.53. The van der Waals surface area contributed by atoms with Crippen molar-refractivity contribution in [2.24, 2.45) is 5.73 Å². The van der Waals surface area contributed by atoms with Crippen LogP contribution in [0, 0.1) is 0 Å². The average Bonchev–Trinajstić information content (AvgIpc) is 2.74. The molecule has 2 rings (SSSR count). The van der Waals surface area contributed by atoms with E-state index in [0.717, 1.165) is 0 Å². The Morgan fingerprint density at radius 2 is 2.00 bits per heavy atom. The van der Waals surface area contributed by atoms with E-state index < -0.39 is 18.0 Å². The zero-order valence-electron chi connectivity index (χ0n) is 9.59. The van der Waals surface area contributed by atoms with Crippen molar-refractivity contribution in [1.29, 1.82) is 0 Å². The maximum atomic E-state index is 13.5. The molecule has 9 heteroatoms. The minimum atomic E-state index is -4.32. The fraction of sp³-hybridized carbons (Fsp3) is 0.500. The topological polar surface area (TPSA) is 63.8 Å². The number of fused-ring (bicyclic) bond motifs is 1. The zero-order chi connectivity index (χ0) is 14.2. The van der Waals surface area contributed by atoms with E-state index >= 15 is 0 Å². The fourth-order valence-electron chi connectivity index (χ4n) is 1.98. The molecule has 1 heterocycles. The summed E-state index contributed by atoms with van der Waals surface area (Å²) in [5.41, 5.74) is 4.69. The Labute approximate surface area is 111 Å². The summed E-state index contributed by atoms with van der Waals surface area (Å²) in [6, 6.07) is 0. The Hall–Kier alpha value is -1.51. The van der Waals surface area contributed by atoms with Crippen molar-refractivity contribution in [2.45, 2.75) is 31.6 Å². The van der Waals surface area contributed by atoms with Gasteiger partial charge in [-0.1, -0.05) is 0 Å². The van der Waals surface area contributed by atoms with E-state index in [4.69, 9.17) is 5.73 Å². The highest BCUT2D eigenvalue weighted by Crippen LogP contribution is 2.38. The molecule has 1 aromatic rings. The van der Waals surface area contributed by atoms with Crippen LogP contribution in [0.1, 0.15) is 23.4 Å². The molecule has 1 aliphatic carbocycles. The van der Waals surface area contributed by atoms with Gasteiger partial charge in [-0.05, 0) is 31.5 Å². The van der Waals surface area contributed by atoms with Gasteiger partial charge in [0, 0.05) is 11.3 Å². The third-order valence-corrected chi connectivity index (χ3v) is 2.86. The Morgan fingerprint density at radius 1 is 1.32 bits per heavy atom. The first-order valence-corrected chi connectivity index (χ1v) is 5.86. The highest BCUT2D eigenvalue weighted by atomic mass is 32.1. The van der Waals surface area contributed by atoms with Crippen LogP contribution >= 0.6 is 12.2 Å². The minimum Gasteiger partial charge on any atom is -0.376 e. The van der Waals surface area contributed by atoms with Gasteiger partial charge in [-0.3, -0.25) is 0 Å². The van der Waals surface area contributed by atoms with Crippen LogP contribution in [-0.4, -0.2) is 21.5 Å². The predicted molar refractivity (Wildman–Crippen MR) is 64.4 cm³/mol. The number of nitrogens with zero attached hydrogens (tertiary/aromatic N) is 2. The van der Waals surface area contributed by atoms with Crippen LogP contribution in [0.2, 0.25) is 0 Å². The molecule has 0 radical (unpaired) electrons. The van der Waals surface area contributed by atoms with Crippen LogP contribution in [0.25, 0.3) is 0 Å². The summed E-state index contributed by atoms with van der Waals surface area (Å²) < 4.78 is 52.0. The van der Waals surface area contributed by atoms with Crippen molar-refractivity contribution < 1.29 is 17.6 Å². The van der Waals surface area contributed by atoms with Crippen molar-refractivity contribution in [3.63, 3.8) is 0 Å². The molecule has 1 aliphatic rings. The average molecular weight is 294 g/mol. The molecule has 0 atom stereocenters. The molecule has 104 valence electrons. The first kappa shape index (κ1) is 13.9. The third kappa shape index (κ3) is 2.60. The first-order chi connectivity index (χ1) is 8.82. The van der Waals surface area contributed by atoms with E-state index in [9.17, 15) is 17.6 Å². The lowest BCUT2D eigenvalue weighted by Crippen LogP contribution is -2.29. The molecular weight excluding hydrogens is 284 g/mol. The van der Waals surface area contributed by atoms with E-state index in [1.165, 1.54) is 0 Å². The summed E-state index contributed by atoms with van der Waals surface area (Å²) in [4.78, 5) is 7.42. The van der Waals surface area contributed by atoms with Crippen LogP contribution in [0.5, 0.6) is 0 Å². The van der Waals surface area contributed by atoms with Crippen molar-refractivity contribution in [3.05, 3.63) is 17.0 Å². The number of hydrogen-bond donors (Lipinski definition) is 2. The van der Waals surface area contributed by atoms with Crippen molar-refractivity contribution in [2.75, 3.05) is 5.32 Å². The third-order valence-electron chi connectivity index (χ3n) is 2.76. The van der Waals surface area contributed by atoms with Gasteiger partial charge in [0.25, 0.3) is 0 Å². The molecule has 0 aromatic carbocycles. The number of nitrogens with two attached hydrogens (primary N) is 1. The molecular formula is C10H10F4N4S. The number of nitrogens with one attached hydrogen (secondary N) is 1. The second-order valence-corrected chi connectivity index (χ2v) is 4.53. The number of aryl methyl sites for hydroxylation is 1. The lowest BCUT2D eigenvalue weighted by atomic mass is 10.1. The smallest absolute Gasteiger partial charge is 0.349 e. The van der Waals surface area contributed by atoms with Gasteiger partial charge in [0.15, 0.2) is 5.11 Å². The number of hydrogen-bond acceptors (Lipinski definition) is 3. The molecule has 0 saturated carbocycles. The molecule has 0 spiro atoms. The van der Waals surface area contributed by atoms with Gasteiger partial charge in [-0.2, -0.15) is 8.78 Å². The zero-order valence-corrected chi connectivity index (χ0v) is 10.4. The normalized spacial score (nSPS) is 14.6. The van der Waals surface area contributed by atoms with Gasteiger partial charge < -0.3 is 11.1 Å². The summed E-state index contributed by atoms with van der Waals surface area (Å²) in [5, 5.41) is 2.08. The number of rotatable bonds is 3. The summed E-state index contributed by atoms with van der Waals surface area (Å²) in [6.45, 7) is 0. The SMILES string of the molecule is NC(=S)Nc1nc2c(c(C(F)(F)C(F)F)n1)CCC2. The van der Waals surface area contributed by atoms with E-state index in [0.29, 0.717) is 18.5 Å². The molecule has 0 saturated heterocycles. The molecule has 0 aliphatic heterocycles. The van der Waals surface area contributed by atoms with Gasteiger partial charge >= 0.3 is 12.3 Å².